The lowest BCUT2D eigenvalue weighted by molar-refractivity contribution is -0.125. The number of aliphatic hydroxyl groups excluding tert-OH is 1. The van der Waals surface area contributed by atoms with Gasteiger partial charge in [0.25, 0.3) is 0 Å². The zero-order valence-corrected chi connectivity index (χ0v) is 9.44. The maximum Gasteiger partial charge on any atom is 0.237 e. The van der Waals surface area contributed by atoms with Gasteiger partial charge in [-0.2, -0.15) is 0 Å². The number of nitrogens with zero attached hydrogens (tertiary/aromatic N) is 1. The fourth-order valence-electron chi connectivity index (χ4n) is 2.03. The van der Waals surface area contributed by atoms with E-state index in [-0.39, 0.29) is 17.9 Å². The highest BCUT2D eigenvalue weighted by Gasteiger charge is 2.27. The topological polar surface area (TPSA) is 78.6 Å². The van der Waals surface area contributed by atoms with E-state index in [2.05, 4.69) is 10.3 Å². The number of carbonyl (C=O) groups excluding carboxylic acids is 1. The van der Waals surface area contributed by atoms with Crippen LogP contribution in [-0.2, 0) is 4.79 Å². The normalized spacial score (nSPS) is 26.3. The lowest BCUT2D eigenvalue weighted by atomic mass is 10.0. The molecular weight excluding hydrogens is 194 g/mol. The molecule has 88 valence electrons. The summed E-state index contributed by atoms with van der Waals surface area (Å²) in [7, 11) is 0. The number of carbonyl (C=O) groups is 1. The van der Waals surface area contributed by atoms with E-state index in [1.165, 1.54) is 0 Å². The molecule has 4 N–H and O–H groups in total. The fraction of sp³-hybridized carbons (Fsp3) is 0.900. The number of nitrogens with one attached hydrogen (secondary N) is 1. The van der Waals surface area contributed by atoms with Crippen LogP contribution in [0.1, 0.15) is 20.3 Å². The van der Waals surface area contributed by atoms with Crippen molar-refractivity contribution < 1.29 is 9.90 Å². The Hall–Kier alpha value is -0.650. The average Bonchev–Trinajstić information content (AvgIpc) is 2.65. The van der Waals surface area contributed by atoms with Crippen molar-refractivity contribution >= 4 is 5.91 Å². The van der Waals surface area contributed by atoms with Gasteiger partial charge in [0.1, 0.15) is 0 Å². The smallest absolute Gasteiger partial charge is 0.237 e. The maximum absolute atomic E-state index is 11.2. The number of hydrogen-bond acceptors (Lipinski definition) is 4. The molecule has 1 rings (SSSR count). The van der Waals surface area contributed by atoms with Crippen molar-refractivity contribution in [2.75, 3.05) is 19.6 Å². The van der Waals surface area contributed by atoms with Gasteiger partial charge in [-0.1, -0.05) is 6.92 Å². The molecule has 0 spiro atoms. The third-order valence-corrected chi connectivity index (χ3v) is 3.11. The van der Waals surface area contributed by atoms with Gasteiger partial charge in [0.2, 0.25) is 5.91 Å². The molecule has 0 radical (unpaired) electrons. The van der Waals surface area contributed by atoms with Gasteiger partial charge in [-0.3, -0.25) is 10.2 Å². The summed E-state index contributed by atoms with van der Waals surface area (Å²) in [6.45, 7) is 6.23. The number of amides is 1. The molecule has 0 bridgehead atoms. The van der Waals surface area contributed by atoms with E-state index in [0.29, 0.717) is 12.5 Å². The zero-order chi connectivity index (χ0) is 11.4. The standard InChI is InChI=1S/C10H21N3O2/c1-7(10(15)12-11)5-13-4-3-9(6-13)8(2)14/h7-9,14H,3-6,11H2,1-2H3,(H,12,15). The van der Waals surface area contributed by atoms with Gasteiger partial charge in [-0.15, -0.1) is 0 Å². The molecule has 5 nitrogen and oxygen atoms in total. The Kier molecular flexibility index (Phi) is 4.50. The number of aliphatic hydroxyl groups is 1. The maximum atomic E-state index is 11.2. The van der Waals surface area contributed by atoms with Crippen LogP contribution in [0.15, 0.2) is 0 Å². The molecule has 1 fully saturated rings. The van der Waals surface area contributed by atoms with E-state index < -0.39 is 0 Å². The zero-order valence-electron chi connectivity index (χ0n) is 9.44. The number of likely N-dealkylation sites (tertiary alicyclic amines) is 1. The molecule has 1 aliphatic heterocycles. The van der Waals surface area contributed by atoms with Crippen LogP contribution in [0.2, 0.25) is 0 Å². The molecule has 15 heavy (non-hydrogen) atoms. The van der Waals surface area contributed by atoms with E-state index in [1.54, 1.807) is 0 Å². The predicted molar refractivity (Wildman–Crippen MR) is 57.7 cm³/mol. The van der Waals surface area contributed by atoms with Crippen LogP contribution in [-0.4, -0.2) is 41.7 Å². The summed E-state index contributed by atoms with van der Waals surface area (Å²) in [4.78, 5) is 13.4. The summed E-state index contributed by atoms with van der Waals surface area (Å²) in [5, 5.41) is 9.43. The van der Waals surface area contributed by atoms with Gasteiger partial charge in [-0.05, 0) is 25.8 Å². The molecule has 5 heteroatoms. The van der Waals surface area contributed by atoms with Crippen molar-refractivity contribution in [2.24, 2.45) is 17.7 Å². The second-order valence-electron chi connectivity index (χ2n) is 4.46. The Morgan fingerprint density at radius 2 is 2.33 bits per heavy atom. The summed E-state index contributed by atoms with van der Waals surface area (Å²) in [5.41, 5.74) is 2.16. The van der Waals surface area contributed by atoms with Gasteiger partial charge in [0, 0.05) is 19.0 Å². The molecule has 0 aromatic heterocycles. The number of rotatable bonds is 4. The van der Waals surface area contributed by atoms with Gasteiger partial charge in [0.15, 0.2) is 0 Å². The summed E-state index contributed by atoms with van der Waals surface area (Å²) in [6.07, 6.45) is 0.753. The van der Waals surface area contributed by atoms with Crippen molar-refractivity contribution in [2.45, 2.75) is 26.4 Å². The summed E-state index contributed by atoms with van der Waals surface area (Å²) >= 11 is 0. The van der Waals surface area contributed by atoms with Crippen molar-refractivity contribution in [3.63, 3.8) is 0 Å². The van der Waals surface area contributed by atoms with E-state index in [0.717, 1.165) is 19.5 Å². The molecule has 1 heterocycles. The van der Waals surface area contributed by atoms with Crippen LogP contribution in [0.4, 0.5) is 0 Å². The highest BCUT2D eigenvalue weighted by molar-refractivity contribution is 5.77. The Morgan fingerprint density at radius 3 is 2.80 bits per heavy atom. The van der Waals surface area contributed by atoms with Crippen LogP contribution in [0, 0.1) is 11.8 Å². The van der Waals surface area contributed by atoms with E-state index in [1.807, 2.05) is 13.8 Å². The molecule has 0 aromatic rings. The van der Waals surface area contributed by atoms with E-state index in [4.69, 9.17) is 5.84 Å². The lowest BCUT2D eigenvalue weighted by Gasteiger charge is -2.20. The highest BCUT2D eigenvalue weighted by atomic mass is 16.3. The Balaban J connectivity index is 2.32. The Labute approximate surface area is 90.6 Å². The van der Waals surface area contributed by atoms with Gasteiger partial charge >= 0.3 is 0 Å². The van der Waals surface area contributed by atoms with Crippen molar-refractivity contribution in [3.05, 3.63) is 0 Å². The molecule has 0 aliphatic carbocycles. The summed E-state index contributed by atoms with van der Waals surface area (Å²) in [6, 6.07) is 0. The highest BCUT2D eigenvalue weighted by Crippen LogP contribution is 2.20. The van der Waals surface area contributed by atoms with E-state index in [9.17, 15) is 9.90 Å². The van der Waals surface area contributed by atoms with Crippen LogP contribution < -0.4 is 11.3 Å². The number of hydrogen-bond donors (Lipinski definition) is 3. The first-order chi connectivity index (χ1) is 7.04. The third kappa shape index (κ3) is 3.44. The van der Waals surface area contributed by atoms with Crippen LogP contribution in [0.5, 0.6) is 0 Å². The van der Waals surface area contributed by atoms with Gasteiger partial charge < -0.3 is 10.0 Å². The van der Waals surface area contributed by atoms with Gasteiger partial charge in [0.05, 0.1) is 6.10 Å². The minimum Gasteiger partial charge on any atom is -0.393 e. The molecular formula is C10H21N3O2. The molecule has 1 saturated heterocycles. The van der Waals surface area contributed by atoms with Crippen LogP contribution >= 0.6 is 0 Å². The summed E-state index contributed by atoms with van der Waals surface area (Å²) in [5.74, 6) is 5.19. The SMILES string of the molecule is CC(CN1CCC(C(C)O)C1)C(=O)NN. The minimum absolute atomic E-state index is 0.0947. The van der Waals surface area contributed by atoms with Crippen molar-refractivity contribution in [3.8, 4) is 0 Å². The second-order valence-corrected chi connectivity index (χ2v) is 4.46. The van der Waals surface area contributed by atoms with Crippen molar-refractivity contribution in [1.82, 2.24) is 10.3 Å². The molecule has 0 saturated carbocycles. The number of hydrazine groups is 1. The largest absolute Gasteiger partial charge is 0.393 e. The monoisotopic (exact) mass is 215 g/mol. The molecule has 1 amide bonds. The first-order valence-electron chi connectivity index (χ1n) is 5.45. The average molecular weight is 215 g/mol. The van der Waals surface area contributed by atoms with Crippen LogP contribution in [0.25, 0.3) is 0 Å². The lowest BCUT2D eigenvalue weighted by Crippen LogP contribution is -2.40. The predicted octanol–water partition coefficient (Wildman–Crippen LogP) is -0.685. The van der Waals surface area contributed by atoms with Gasteiger partial charge in [-0.25, -0.2) is 5.84 Å². The van der Waals surface area contributed by atoms with Crippen molar-refractivity contribution in [1.29, 1.82) is 0 Å². The first kappa shape index (κ1) is 12.4. The Bertz CT molecular complexity index is 221. The summed E-state index contributed by atoms with van der Waals surface area (Å²) < 4.78 is 0. The third-order valence-electron chi connectivity index (χ3n) is 3.11. The molecule has 0 aromatic carbocycles. The minimum atomic E-state index is -0.256. The molecule has 1 aliphatic rings. The van der Waals surface area contributed by atoms with Crippen LogP contribution in [0.3, 0.4) is 0 Å². The molecule has 3 unspecified atom stereocenters. The Morgan fingerprint density at radius 1 is 1.67 bits per heavy atom. The second kappa shape index (κ2) is 5.44. The first-order valence-corrected chi connectivity index (χ1v) is 5.45. The fourth-order valence-corrected chi connectivity index (χ4v) is 2.03. The number of nitrogens with two attached hydrogens (primary N) is 1. The van der Waals surface area contributed by atoms with E-state index >= 15 is 0 Å². The molecule has 3 atom stereocenters. The quantitative estimate of drug-likeness (QED) is 0.330.